The second kappa shape index (κ2) is 4.75. The lowest BCUT2D eigenvalue weighted by Gasteiger charge is -2.18. The highest BCUT2D eigenvalue weighted by Gasteiger charge is 2.28. The molecular formula is C10H20N2O2. The van der Waals surface area contributed by atoms with Gasteiger partial charge in [0.1, 0.15) is 0 Å². The van der Waals surface area contributed by atoms with Crippen molar-refractivity contribution in [1.82, 2.24) is 4.90 Å². The molecule has 14 heavy (non-hydrogen) atoms. The van der Waals surface area contributed by atoms with Crippen LogP contribution in [0.15, 0.2) is 0 Å². The minimum Gasteiger partial charge on any atom is -0.469 e. The Hall–Kier alpha value is -0.610. The van der Waals surface area contributed by atoms with Gasteiger partial charge in [-0.05, 0) is 5.92 Å². The van der Waals surface area contributed by atoms with Crippen LogP contribution in [0.5, 0.6) is 0 Å². The van der Waals surface area contributed by atoms with E-state index in [1.165, 1.54) is 7.11 Å². The summed E-state index contributed by atoms with van der Waals surface area (Å²) in [6.07, 6.45) is 0. The molecule has 0 spiro atoms. The predicted octanol–water partition coefficient (Wildman–Crippen LogP) is 0.0745. The van der Waals surface area contributed by atoms with E-state index in [1.807, 2.05) is 6.92 Å². The molecule has 3 unspecified atom stereocenters. The quantitative estimate of drug-likeness (QED) is 0.655. The lowest BCUT2D eigenvalue weighted by atomic mass is 10.1. The monoisotopic (exact) mass is 200 g/mol. The Labute approximate surface area is 85.4 Å². The third-order valence-electron chi connectivity index (χ3n) is 2.88. The van der Waals surface area contributed by atoms with Gasteiger partial charge in [0.25, 0.3) is 0 Å². The van der Waals surface area contributed by atoms with Crippen LogP contribution in [0.1, 0.15) is 13.8 Å². The molecule has 1 heterocycles. The minimum absolute atomic E-state index is 0.0579. The molecule has 1 fully saturated rings. The average Bonchev–Trinajstić information content (AvgIpc) is 2.44. The molecule has 82 valence electrons. The summed E-state index contributed by atoms with van der Waals surface area (Å²) in [5, 5.41) is 0. The Morgan fingerprint density at radius 2 is 2.29 bits per heavy atom. The van der Waals surface area contributed by atoms with E-state index in [0.29, 0.717) is 5.92 Å². The highest BCUT2D eigenvalue weighted by Crippen LogP contribution is 2.16. The number of esters is 1. The van der Waals surface area contributed by atoms with Crippen LogP contribution in [0, 0.1) is 11.8 Å². The van der Waals surface area contributed by atoms with Crippen molar-refractivity contribution < 1.29 is 9.53 Å². The molecule has 0 aromatic heterocycles. The highest BCUT2D eigenvalue weighted by atomic mass is 16.5. The molecular weight excluding hydrogens is 180 g/mol. The van der Waals surface area contributed by atoms with Crippen molar-refractivity contribution in [1.29, 1.82) is 0 Å². The fourth-order valence-corrected chi connectivity index (χ4v) is 1.91. The van der Waals surface area contributed by atoms with Crippen molar-refractivity contribution in [2.75, 3.05) is 26.7 Å². The number of rotatable bonds is 3. The molecule has 1 rings (SSSR count). The summed E-state index contributed by atoms with van der Waals surface area (Å²) in [5.41, 5.74) is 5.90. The van der Waals surface area contributed by atoms with E-state index in [-0.39, 0.29) is 17.9 Å². The summed E-state index contributed by atoms with van der Waals surface area (Å²) in [6, 6.07) is 0.250. The van der Waals surface area contributed by atoms with Crippen LogP contribution in [-0.2, 0) is 9.53 Å². The number of hydrogen-bond acceptors (Lipinski definition) is 4. The van der Waals surface area contributed by atoms with Crippen molar-refractivity contribution >= 4 is 5.97 Å². The maximum Gasteiger partial charge on any atom is 0.309 e. The molecule has 1 saturated heterocycles. The fourth-order valence-electron chi connectivity index (χ4n) is 1.91. The van der Waals surface area contributed by atoms with E-state index in [1.54, 1.807) is 0 Å². The van der Waals surface area contributed by atoms with Gasteiger partial charge in [0, 0.05) is 25.7 Å². The van der Waals surface area contributed by atoms with Gasteiger partial charge in [-0.3, -0.25) is 4.79 Å². The molecule has 0 saturated carbocycles. The van der Waals surface area contributed by atoms with Gasteiger partial charge >= 0.3 is 5.97 Å². The van der Waals surface area contributed by atoms with E-state index in [4.69, 9.17) is 5.73 Å². The molecule has 2 N–H and O–H groups in total. The second-order valence-corrected chi connectivity index (χ2v) is 4.28. The summed E-state index contributed by atoms with van der Waals surface area (Å²) in [7, 11) is 1.43. The maximum atomic E-state index is 11.2. The van der Waals surface area contributed by atoms with E-state index < -0.39 is 0 Å². The molecule has 4 heteroatoms. The number of methoxy groups -OCH3 is 1. The number of nitrogens with zero attached hydrogens (tertiary/aromatic N) is 1. The largest absolute Gasteiger partial charge is 0.469 e. The van der Waals surface area contributed by atoms with Crippen molar-refractivity contribution in [2.45, 2.75) is 19.9 Å². The molecule has 0 bridgehead atoms. The molecule has 0 aliphatic carbocycles. The van der Waals surface area contributed by atoms with Gasteiger partial charge in [-0.25, -0.2) is 0 Å². The molecule has 4 nitrogen and oxygen atoms in total. The SMILES string of the molecule is COC(=O)C(C)CN1CC(C)C(N)C1. The third kappa shape index (κ3) is 2.69. The first-order valence-corrected chi connectivity index (χ1v) is 5.10. The molecule has 0 radical (unpaired) electrons. The van der Waals surface area contributed by atoms with Gasteiger partial charge in [-0.2, -0.15) is 0 Å². The lowest BCUT2D eigenvalue weighted by molar-refractivity contribution is -0.145. The van der Waals surface area contributed by atoms with E-state index >= 15 is 0 Å². The summed E-state index contributed by atoms with van der Waals surface area (Å²) >= 11 is 0. The van der Waals surface area contributed by atoms with E-state index in [2.05, 4.69) is 16.6 Å². The van der Waals surface area contributed by atoms with Crippen molar-refractivity contribution in [2.24, 2.45) is 17.6 Å². The van der Waals surface area contributed by atoms with Gasteiger partial charge in [0.2, 0.25) is 0 Å². The highest BCUT2D eigenvalue weighted by molar-refractivity contribution is 5.72. The van der Waals surface area contributed by atoms with Gasteiger partial charge in [0.15, 0.2) is 0 Å². The number of carbonyl (C=O) groups excluding carboxylic acids is 1. The van der Waals surface area contributed by atoms with Gasteiger partial charge in [-0.1, -0.05) is 13.8 Å². The number of ether oxygens (including phenoxy) is 1. The Morgan fingerprint density at radius 3 is 2.71 bits per heavy atom. The van der Waals surface area contributed by atoms with Gasteiger partial charge in [-0.15, -0.1) is 0 Å². The number of nitrogens with two attached hydrogens (primary N) is 1. The average molecular weight is 200 g/mol. The van der Waals surface area contributed by atoms with Crippen LogP contribution in [0.4, 0.5) is 0 Å². The van der Waals surface area contributed by atoms with Crippen molar-refractivity contribution in [3.8, 4) is 0 Å². The standard InChI is InChI=1S/C10H20N2O2/c1-7-4-12(6-9(7)11)5-8(2)10(13)14-3/h7-9H,4-6,11H2,1-3H3. The Balaban J connectivity index is 2.35. The third-order valence-corrected chi connectivity index (χ3v) is 2.88. The van der Waals surface area contributed by atoms with E-state index in [0.717, 1.165) is 19.6 Å². The molecule has 1 aliphatic heterocycles. The smallest absolute Gasteiger partial charge is 0.309 e. The zero-order valence-corrected chi connectivity index (χ0v) is 9.19. The summed E-state index contributed by atoms with van der Waals surface area (Å²) in [5.74, 6) is 0.329. The van der Waals surface area contributed by atoms with Crippen LogP contribution in [0.25, 0.3) is 0 Å². The topological polar surface area (TPSA) is 55.6 Å². The molecule has 3 atom stereocenters. The number of hydrogen-bond donors (Lipinski definition) is 1. The summed E-state index contributed by atoms with van der Waals surface area (Å²) < 4.78 is 4.68. The Morgan fingerprint density at radius 1 is 1.64 bits per heavy atom. The fraction of sp³-hybridized carbons (Fsp3) is 0.900. The zero-order chi connectivity index (χ0) is 10.7. The first kappa shape index (κ1) is 11.5. The van der Waals surface area contributed by atoms with Crippen LogP contribution in [0.3, 0.4) is 0 Å². The predicted molar refractivity (Wildman–Crippen MR) is 54.8 cm³/mol. The Bertz CT molecular complexity index is 198. The zero-order valence-electron chi connectivity index (χ0n) is 9.19. The minimum atomic E-state index is -0.141. The maximum absolute atomic E-state index is 11.2. The Kier molecular flexibility index (Phi) is 3.89. The van der Waals surface area contributed by atoms with Crippen LogP contribution < -0.4 is 5.73 Å². The van der Waals surface area contributed by atoms with Gasteiger partial charge < -0.3 is 15.4 Å². The summed E-state index contributed by atoms with van der Waals surface area (Å²) in [4.78, 5) is 13.4. The van der Waals surface area contributed by atoms with Crippen LogP contribution >= 0.6 is 0 Å². The first-order valence-electron chi connectivity index (χ1n) is 5.10. The number of likely N-dealkylation sites (tertiary alicyclic amines) is 1. The molecule has 0 aromatic carbocycles. The second-order valence-electron chi connectivity index (χ2n) is 4.28. The summed E-state index contributed by atoms with van der Waals surface area (Å²) in [6.45, 7) is 6.67. The molecule has 0 aromatic rings. The number of carbonyl (C=O) groups is 1. The normalized spacial score (nSPS) is 30.3. The molecule has 0 amide bonds. The van der Waals surface area contributed by atoms with Gasteiger partial charge in [0.05, 0.1) is 13.0 Å². The first-order chi connectivity index (χ1) is 6.54. The van der Waals surface area contributed by atoms with Crippen molar-refractivity contribution in [3.63, 3.8) is 0 Å². The van der Waals surface area contributed by atoms with Crippen LogP contribution in [0.2, 0.25) is 0 Å². The lowest BCUT2D eigenvalue weighted by Crippen LogP contribution is -2.33. The van der Waals surface area contributed by atoms with Crippen molar-refractivity contribution in [3.05, 3.63) is 0 Å². The molecule has 1 aliphatic rings. The van der Waals surface area contributed by atoms with Crippen LogP contribution in [-0.4, -0.2) is 43.7 Å². The van der Waals surface area contributed by atoms with E-state index in [9.17, 15) is 4.79 Å².